The Labute approximate surface area is 122 Å². The standard InChI is InChI=1S/C13H22BrN3O2/c1-8(2)5-10(13(18)19)6-15-7-11-12(14)9(3)16-17(11)4/h8,10,15H,5-7H2,1-4H3,(H,18,19). The maximum absolute atomic E-state index is 11.1. The van der Waals surface area contributed by atoms with Crippen LogP contribution in [0.15, 0.2) is 4.47 Å². The van der Waals surface area contributed by atoms with Crippen molar-refractivity contribution < 1.29 is 9.90 Å². The van der Waals surface area contributed by atoms with Gasteiger partial charge in [-0.25, -0.2) is 0 Å². The third-order valence-electron chi connectivity index (χ3n) is 3.05. The number of carbonyl (C=O) groups is 1. The van der Waals surface area contributed by atoms with Crippen LogP contribution in [-0.4, -0.2) is 27.4 Å². The second-order valence-corrected chi connectivity index (χ2v) is 6.06. The molecule has 1 aromatic heterocycles. The van der Waals surface area contributed by atoms with Gasteiger partial charge in [0.2, 0.25) is 0 Å². The molecule has 6 heteroatoms. The van der Waals surface area contributed by atoms with E-state index in [0.717, 1.165) is 15.9 Å². The molecule has 1 rings (SSSR count). The number of hydrogen-bond acceptors (Lipinski definition) is 3. The van der Waals surface area contributed by atoms with Crippen LogP contribution in [0.4, 0.5) is 0 Å². The summed E-state index contributed by atoms with van der Waals surface area (Å²) in [6.07, 6.45) is 0.688. The molecule has 0 saturated heterocycles. The molecule has 0 aliphatic heterocycles. The minimum Gasteiger partial charge on any atom is -0.481 e. The molecule has 0 bridgehead atoms. The van der Waals surface area contributed by atoms with Crippen molar-refractivity contribution in [1.29, 1.82) is 0 Å². The first-order chi connectivity index (χ1) is 8.82. The van der Waals surface area contributed by atoms with Gasteiger partial charge in [-0.15, -0.1) is 0 Å². The maximum atomic E-state index is 11.1. The number of carboxylic acids is 1. The number of hydrogen-bond donors (Lipinski definition) is 2. The SMILES string of the molecule is Cc1nn(C)c(CNCC(CC(C)C)C(=O)O)c1Br. The Morgan fingerprint density at radius 3 is 2.58 bits per heavy atom. The van der Waals surface area contributed by atoms with Crippen molar-refractivity contribution in [1.82, 2.24) is 15.1 Å². The molecule has 0 spiro atoms. The van der Waals surface area contributed by atoms with Gasteiger partial charge in [-0.05, 0) is 35.2 Å². The lowest BCUT2D eigenvalue weighted by Crippen LogP contribution is -2.29. The number of aryl methyl sites for hydroxylation is 2. The number of aromatic nitrogens is 2. The minimum absolute atomic E-state index is 0.340. The van der Waals surface area contributed by atoms with Gasteiger partial charge in [0.1, 0.15) is 0 Å². The van der Waals surface area contributed by atoms with Crippen LogP contribution in [0.5, 0.6) is 0 Å². The van der Waals surface area contributed by atoms with E-state index >= 15 is 0 Å². The first-order valence-corrected chi connectivity index (χ1v) is 7.23. The summed E-state index contributed by atoms with van der Waals surface area (Å²) in [5, 5.41) is 16.7. The number of carboxylic acid groups (broad SMARTS) is 1. The third kappa shape index (κ3) is 4.62. The highest BCUT2D eigenvalue weighted by atomic mass is 79.9. The van der Waals surface area contributed by atoms with Crippen molar-refractivity contribution in [3.63, 3.8) is 0 Å². The van der Waals surface area contributed by atoms with E-state index in [1.54, 1.807) is 0 Å². The van der Waals surface area contributed by atoms with E-state index in [1.807, 2.05) is 32.5 Å². The molecule has 19 heavy (non-hydrogen) atoms. The summed E-state index contributed by atoms with van der Waals surface area (Å²) in [5.41, 5.74) is 1.97. The third-order valence-corrected chi connectivity index (χ3v) is 4.08. The Morgan fingerprint density at radius 1 is 1.53 bits per heavy atom. The van der Waals surface area contributed by atoms with Crippen LogP contribution in [0.2, 0.25) is 0 Å². The second kappa shape index (κ2) is 7.05. The van der Waals surface area contributed by atoms with Gasteiger partial charge in [0.15, 0.2) is 0 Å². The normalized spacial score (nSPS) is 12.9. The molecule has 0 aromatic carbocycles. The monoisotopic (exact) mass is 331 g/mol. The lowest BCUT2D eigenvalue weighted by atomic mass is 9.97. The molecule has 5 nitrogen and oxygen atoms in total. The van der Waals surface area contributed by atoms with Gasteiger partial charge in [-0.1, -0.05) is 13.8 Å². The van der Waals surface area contributed by atoms with Crippen molar-refractivity contribution in [3.05, 3.63) is 15.9 Å². The molecule has 0 amide bonds. The van der Waals surface area contributed by atoms with E-state index in [0.29, 0.717) is 25.4 Å². The van der Waals surface area contributed by atoms with Crippen molar-refractivity contribution in [2.75, 3.05) is 6.54 Å². The van der Waals surface area contributed by atoms with Crippen LogP contribution < -0.4 is 5.32 Å². The van der Waals surface area contributed by atoms with Crippen LogP contribution in [-0.2, 0) is 18.4 Å². The summed E-state index contributed by atoms with van der Waals surface area (Å²) in [6.45, 7) is 7.10. The Morgan fingerprint density at radius 2 is 2.16 bits per heavy atom. The zero-order valence-corrected chi connectivity index (χ0v) is 13.5. The van der Waals surface area contributed by atoms with Crippen LogP contribution in [0.25, 0.3) is 0 Å². The molecule has 0 fully saturated rings. The fraction of sp³-hybridized carbons (Fsp3) is 0.692. The molecule has 1 atom stereocenters. The number of halogens is 1. The van der Waals surface area contributed by atoms with Gasteiger partial charge >= 0.3 is 5.97 Å². The zero-order chi connectivity index (χ0) is 14.6. The van der Waals surface area contributed by atoms with Crippen molar-refractivity contribution in [2.24, 2.45) is 18.9 Å². The van der Waals surface area contributed by atoms with Gasteiger partial charge in [-0.3, -0.25) is 9.48 Å². The molecule has 0 aliphatic rings. The van der Waals surface area contributed by atoms with Gasteiger partial charge in [0.05, 0.1) is 21.8 Å². The van der Waals surface area contributed by atoms with E-state index in [-0.39, 0.29) is 5.92 Å². The lowest BCUT2D eigenvalue weighted by Gasteiger charge is -2.15. The van der Waals surface area contributed by atoms with Crippen molar-refractivity contribution >= 4 is 21.9 Å². The number of nitrogens with one attached hydrogen (secondary N) is 1. The Bertz CT molecular complexity index is 443. The number of aliphatic carboxylic acids is 1. The quantitative estimate of drug-likeness (QED) is 0.804. The van der Waals surface area contributed by atoms with E-state index in [2.05, 4.69) is 26.3 Å². The van der Waals surface area contributed by atoms with Crippen molar-refractivity contribution in [3.8, 4) is 0 Å². The molecule has 1 heterocycles. The average molecular weight is 332 g/mol. The minimum atomic E-state index is -0.735. The van der Waals surface area contributed by atoms with Gasteiger partial charge < -0.3 is 10.4 Å². The van der Waals surface area contributed by atoms with Crippen LogP contribution in [0.1, 0.15) is 31.7 Å². The molecule has 108 valence electrons. The summed E-state index contributed by atoms with van der Waals surface area (Å²) in [4.78, 5) is 11.1. The lowest BCUT2D eigenvalue weighted by molar-refractivity contribution is -0.142. The number of rotatable bonds is 7. The van der Waals surface area contributed by atoms with Gasteiger partial charge in [0, 0.05) is 20.1 Å². The summed E-state index contributed by atoms with van der Waals surface area (Å²) in [7, 11) is 1.89. The van der Waals surface area contributed by atoms with Gasteiger partial charge in [-0.2, -0.15) is 5.10 Å². The summed E-state index contributed by atoms with van der Waals surface area (Å²) in [5.74, 6) is -0.692. The highest BCUT2D eigenvalue weighted by Gasteiger charge is 2.19. The topological polar surface area (TPSA) is 67.2 Å². The van der Waals surface area contributed by atoms with Crippen molar-refractivity contribution in [2.45, 2.75) is 33.7 Å². The fourth-order valence-electron chi connectivity index (χ4n) is 2.08. The molecule has 0 radical (unpaired) electrons. The first kappa shape index (κ1) is 16.2. The van der Waals surface area contributed by atoms with E-state index in [4.69, 9.17) is 5.11 Å². The molecular formula is C13H22BrN3O2. The van der Waals surface area contributed by atoms with E-state index < -0.39 is 5.97 Å². The predicted molar refractivity (Wildman–Crippen MR) is 77.9 cm³/mol. The van der Waals surface area contributed by atoms with Crippen LogP contribution in [0.3, 0.4) is 0 Å². The highest BCUT2D eigenvalue weighted by Crippen LogP contribution is 2.20. The highest BCUT2D eigenvalue weighted by molar-refractivity contribution is 9.10. The number of nitrogens with zero attached hydrogens (tertiary/aromatic N) is 2. The van der Waals surface area contributed by atoms with E-state index in [1.165, 1.54) is 0 Å². The maximum Gasteiger partial charge on any atom is 0.307 e. The molecule has 1 unspecified atom stereocenters. The first-order valence-electron chi connectivity index (χ1n) is 6.44. The Hall–Kier alpha value is -0.880. The van der Waals surface area contributed by atoms with Crippen LogP contribution >= 0.6 is 15.9 Å². The molecule has 1 aromatic rings. The zero-order valence-electron chi connectivity index (χ0n) is 11.9. The molecule has 0 saturated carbocycles. The predicted octanol–water partition coefficient (Wildman–Crippen LogP) is 2.33. The second-order valence-electron chi connectivity index (χ2n) is 5.27. The van der Waals surface area contributed by atoms with Gasteiger partial charge in [0.25, 0.3) is 0 Å². The molecular weight excluding hydrogens is 310 g/mol. The van der Waals surface area contributed by atoms with E-state index in [9.17, 15) is 4.79 Å². The molecule has 0 aliphatic carbocycles. The summed E-state index contributed by atoms with van der Waals surface area (Å²) < 4.78 is 2.79. The summed E-state index contributed by atoms with van der Waals surface area (Å²) in [6, 6.07) is 0. The summed E-state index contributed by atoms with van der Waals surface area (Å²) >= 11 is 3.50. The van der Waals surface area contributed by atoms with Crippen LogP contribution in [0, 0.1) is 18.8 Å². The smallest absolute Gasteiger partial charge is 0.307 e. The average Bonchev–Trinajstić information content (AvgIpc) is 2.53. The largest absolute Gasteiger partial charge is 0.481 e. The molecule has 2 N–H and O–H groups in total. The fourth-order valence-corrected chi connectivity index (χ4v) is 2.55. The Balaban J connectivity index is 2.54. The Kier molecular flexibility index (Phi) is 6.00.